The molecule has 3 rings (SSSR count). The molecule has 0 atom stereocenters. The first-order valence-electron chi connectivity index (χ1n) is 6.74. The van der Waals surface area contributed by atoms with E-state index in [9.17, 15) is 4.79 Å². The molecule has 5 heteroatoms. The molecule has 22 heavy (non-hydrogen) atoms. The number of carbonyl (C=O) groups excluding carboxylic acids is 1. The number of halogens is 1. The molecule has 3 nitrogen and oxygen atoms in total. The van der Waals surface area contributed by atoms with Gasteiger partial charge in [0, 0.05) is 28.7 Å². The van der Waals surface area contributed by atoms with Crippen molar-refractivity contribution in [2.75, 3.05) is 5.75 Å². The predicted molar refractivity (Wildman–Crippen MR) is 90.1 cm³/mol. The zero-order valence-corrected chi connectivity index (χ0v) is 13.2. The third-order valence-electron chi connectivity index (χ3n) is 3.14. The van der Waals surface area contributed by atoms with Crippen molar-refractivity contribution in [1.29, 1.82) is 0 Å². The third-order valence-corrected chi connectivity index (χ3v) is 4.36. The molecule has 0 bridgehead atoms. The summed E-state index contributed by atoms with van der Waals surface area (Å²) in [5, 5.41) is 1.48. The normalized spacial score (nSPS) is 10.6. The lowest BCUT2D eigenvalue weighted by Crippen LogP contribution is -2.03. The summed E-state index contributed by atoms with van der Waals surface area (Å²) in [5.74, 6) is 0.450. The topological polar surface area (TPSA) is 34.9 Å². The number of nitrogens with zero attached hydrogens (tertiary/aromatic N) is 2. The van der Waals surface area contributed by atoms with Crippen LogP contribution in [0.15, 0.2) is 72.1 Å². The second-order valence-electron chi connectivity index (χ2n) is 4.63. The number of carbonyl (C=O) groups is 1. The molecule has 0 N–H and O–H groups in total. The molecule has 0 spiro atoms. The highest BCUT2D eigenvalue weighted by atomic mass is 35.5. The minimum Gasteiger partial charge on any atom is -0.295 e. The van der Waals surface area contributed by atoms with E-state index in [2.05, 4.69) is 4.98 Å². The highest BCUT2D eigenvalue weighted by molar-refractivity contribution is 7.99. The Morgan fingerprint density at radius 1 is 1.09 bits per heavy atom. The molecule has 3 aromatic rings. The highest BCUT2D eigenvalue weighted by Crippen LogP contribution is 2.22. The zero-order chi connectivity index (χ0) is 15.4. The van der Waals surface area contributed by atoms with E-state index in [4.69, 9.17) is 11.6 Å². The van der Waals surface area contributed by atoms with Gasteiger partial charge in [0.2, 0.25) is 0 Å². The van der Waals surface area contributed by atoms with Gasteiger partial charge in [-0.25, -0.2) is 4.98 Å². The van der Waals surface area contributed by atoms with Gasteiger partial charge in [0.15, 0.2) is 10.9 Å². The van der Waals surface area contributed by atoms with Crippen LogP contribution in [0.25, 0.3) is 5.69 Å². The monoisotopic (exact) mass is 328 g/mol. The first kappa shape index (κ1) is 14.9. The second kappa shape index (κ2) is 6.81. The maximum atomic E-state index is 12.2. The largest absolute Gasteiger partial charge is 0.295 e. The summed E-state index contributed by atoms with van der Waals surface area (Å²) in [6, 6.07) is 16.8. The average molecular weight is 329 g/mol. The summed E-state index contributed by atoms with van der Waals surface area (Å²) in [4.78, 5) is 16.5. The van der Waals surface area contributed by atoms with Crippen LogP contribution in [0.5, 0.6) is 0 Å². The van der Waals surface area contributed by atoms with Crippen molar-refractivity contribution in [1.82, 2.24) is 9.55 Å². The van der Waals surface area contributed by atoms with Crippen molar-refractivity contribution >= 4 is 29.1 Å². The van der Waals surface area contributed by atoms with Gasteiger partial charge < -0.3 is 0 Å². The van der Waals surface area contributed by atoms with Crippen molar-refractivity contribution < 1.29 is 4.79 Å². The van der Waals surface area contributed by atoms with E-state index >= 15 is 0 Å². The zero-order valence-electron chi connectivity index (χ0n) is 11.6. The van der Waals surface area contributed by atoms with Gasteiger partial charge >= 0.3 is 0 Å². The summed E-state index contributed by atoms with van der Waals surface area (Å²) in [6.45, 7) is 0. The molecule has 110 valence electrons. The van der Waals surface area contributed by atoms with E-state index in [-0.39, 0.29) is 5.78 Å². The van der Waals surface area contributed by atoms with Crippen molar-refractivity contribution in [2.24, 2.45) is 0 Å². The van der Waals surface area contributed by atoms with E-state index in [1.807, 2.05) is 65.4 Å². The lowest BCUT2D eigenvalue weighted by atomic mass is 10.2. The van der Waals surface area contributed by atoms with Gasteiger partial charge in [-0.1, -0.05) is 53.7 Å². The molecule has 1 aromatic heterocycles. The Labute approximate surface area is 138 Å². The molecular formula is C17H13ClN2OS. The van der Waals surface area contributed by atoms with E-state index in [0.717, 1.165) is 16.4 Å². The summed E-state index contributed by atoms with van der Waals surface area (Å²) >= 11 is 7.33. The van der Waals surface area contributed by atoms with Crippen LogP contribution >= 0.6 is 23.4 Å². The molecule has 0 aliphatic heterocycles. The fraction of sp³-hybridized carbons (Fsp3) is 0.0588. The van der Waals surface area contributed by atoms with Gasteiger partial charge in [-0.3, -0.25) is 9.36 Å². The Kier molecular flexibility index (Phi) is 4.61. The smallest absolute Gasteiger partial charge is 0.173 e. The van der Waals surface area contributed by atoms with Crippen LogP contribution in [-0.2, 0) is 0 Å². The number of ketones is 1. The fourth-order valence-electron chi connectivity index (χ4n) is 2.03. The van der Waals surface area contributed by atoms with Crippen LogP contribution in [0, 0.1) is 0 Å². The Morgan fingerprint density at radius 3 is 2.55 bits per heavy atom. The SMILES string of the molecule is O=C(CSc1nccn1-c1ccc(Cl)cc1)c1ccccc1. The Balaban J connectivity index is 1.73. The number of imidazole rings is 1. The molecule has 0 radical (unpaired) electrons. The molecule has 0 amide bonds. The lowest BCUT2D eigenvalue weighted by Gasteiger charge is -2.07. The van der Waals surface area contributed by atoms with Crippen molar-refractivity contribution in [3.8, 4) is 5.69 Å². The van der Waals surface area contributed by atoms with Gasteiger partial charge in [-0.05, 0) is 24.3 Å². The van der Waals surface area contributed by atoms with Gasteiger partial charge in [-0.15, -0.1) is 0 Å². The standard InChI is InChI=1S/C17H13ClN2OS/c18-14-6-8-15(9-7-14)20-11-10-19-17(20)22-12-16(21)13-4-2-1-3-5-13/h1-11H,12H2. The molecular weight excluding hydrogens is 316 g/mol. The molecule has 1 heterocycles. The first-order valence-corrected chi connectivity index (χ1v) is 8.11. The van der Waals surface area contributed by atoms with Crippen LogP contribution in [-0.4, -0.2) is 21.1 Å². The molecule has 0 saturated heterocycles. The third kappa shape index (κ3) is 3.40. The molecule has 0 saturated carbocycles. The van der Waals surface area contributed by atoms with Crippen LogP contribution < -0.4 is 0 Å². The number of thioether (sulfide) groups is 1. The lowest BCUT2D eigenvalue weighted by molar-refractivity contribution is 0.102. The molecule has 0 unspecified atom stereocenters. The summed E-state index contributed by atoms with van der Waals surface area (Å²) < 4.78 is 1.94. The molecule has 2 aromatic carbocycles. The molecule has 0 fully saturated rings. The maximum Gasteiger partial charge on any atom is 0.173 e. The first-order chi connectivity index (χ1) is 10.7. The number of aromatic nitrogens is 2. The number of hydrogen-bond acceptors (Lipinski definition) is 3. The quantitative estimate of drug-likeness (QED) is 0.511. The number of benzene rings is 2. The highest BCUT2D eigenvalue weighted by Gasteiger charge is 2.10. The van der Waals surface area contributed by atoms with Crippen LogP contribution in [0.2, 0.25) is 5.02 Å². The summed E-state index contributed by atoms with van der Waals surface area (Å²) in [7, 11) is 0. The Bertz CT molecular complexity index is 769. The van der Waals surface area contributed by atoms with E-state index < -0.39 is 0 Å². The van der Waals surface area contributed by atoms with Crippen LogP contribution in [0.1, 0.15) is 10.4 Å². The predicted octanol–water partition coefficient (Wildman–Crippen LogP) is 4.50. The van der Waals surface area contributed by atoms with Gasteiger partial charge in [0.05, 0.1) is 5.75 Å². The molecule has 0 aliphatic rings. The van der Waals surface area contributed by atoms with Crippen LogP contribution in [0.3, 0.4) is 0 Å². The average Bonchev–Trinajstić information content (AvgIpc) is 3.02. The number of Topliss-reactive ketones (excluding diaryl/α,β-unsaturated/α-hetero) is 1. The van der Waals surface area contributed by atoms with E-state index in [0.29, 0.717) is 10.8 Å². The Morgan fingerprint density at radius 2 is 1.82 bits per heavy atom. The van der Waals surface area contributed by atoms with Crippen molar-refractivity contribution in [2.45, 2.75) is 5.16 Å². The summed E-state index contributed by atoms with van der Waals surface area (Å²) in [5.41, 5.74) is 1.69. The van der Waals surface area contributed by atoms with E-state index in [1.165, 1.54) is 11.8 Å². The minimum atomic E-state index is 0.0938. The van der Waals surface area contributed by atoms with E-state index in [1.54, 1.807) is 6.20 Å². The fourth-order valence-corrected chi connectivity index (χ4v) is 3.03. The van der Waals surface area contributed by atoms with Gasteiger partial charge in [0.25, 0.3) is 0 Å². The van der Waals surface area contributed by atoms with Gasteiger partial charge in [0.1, 0.15) is 0 Å². The van der Waals surface area contributed by atoms with Crippen LogP contribution in [0.4, 0.5) is 0 Å². The number of rotatable bonds is 5. The molecule has 0 aliphatic carbocycles. The Hall–Kier alpha value is -2.04. The number of hydrogen-bond donors (Lipinski definition) is 0. The minimum absolute atomic E-state index is 0.0938. The summed E-state index contributed by atoms with van der Waals surface area (Å²) in [6.07, 6.45) is 3.60. The maximum absolute atomic E-state index is 12.2. The van der Waals surface area contributed by atoms with Crippen molar-refractivity contribution in [3.63, 3.8) is 0 Å². The van der Waals surface area contributed by atoms with Crippen molar-refractivity contribution in [3.05, 3.63) is 77.6 Å². The second-order valence-corrected chi connectivity index (χ2v) is 6.01. The van der Waals surface area contributed by atoms with Gasteiger partial charge in [-0.2, -0.15) is 0 Å².